The van der Waals surface area contributed by atoms with Gasteiger partial charge in [-0.15, -0.1) is 0 Å². The lowest BCUT2D eigenvalue weighted by Gasteiger charge is -2.16. The fourth-order valence-corrected chi connectivity index (χ4v) is 6.67. The van der Waals surface area contributed by atoms with Crippen LogP contribution in [0.1, 0.15) is 127 Å². The number of imidazole rings is 2. The molecule has 3 aromatic carbocycles. The lowest BCUT2D eigenvalue weighted by Crippen LogP contribution is -2.11. The summed E-state index contributed by atoms with van der Waals surface area (Å²) in [6, 6.07) is 26.4. The van der Waals surface area contributed by atoms with E-state index in [4.69, 9.17) is 9.97 Å². The number of unbranched alkanes of at least 4 members (excludes halogenated alkanes) is 12. The second-order valence-electron chi connectivity index (χ2n) is 12.7. The highest BCUT2D eigenvalue weighted by Crippen LogP contribution is 2.25. The molecule has 5 rings (SSSR count). The molecule has 0 N–H and O–H groups in total. The Morgan fingerprint density at radius 2 is 0.795 bits per heavy atom. The van der Waals surface area contributed by atoms with Crippen LogP contribution >= 0.6 is 0 Å². The Morgan fingerprint density at radius 3 is 1.23 bits per heavy atom. The van der Waals surface area contributed by atoms with Crippen molar-refractivity contribution in [2.75, 3.05) is 0 Å². The molecule has 0 saturated heterocycles. The van der Waals surface area contributed by atoms with Gasteiger partial charge in [0, 0.05) is 25.9 Å². The van der Waals surface area contributed by atoms with Gasteiger partial charge in [-0.05, 0) is 48.2 Å². The average molecular weight is 591 g/mol. The van der Waals surface area contributed by atoms with Crippen molar-refractivity contribution in [1.29, 1.82) is 0 Å². The zero-order valence-corrected chi connectivity index (χ0v) is 27.4. The Hall–Kier alpha value is -3.40. The van der Waals surface area contributed by atoms with Gasteiger partial charge in [-0.25, -0.2) is 9.97 Å². The number of fused-ring (bicyclic) bond motifs is 2. The molecule has 4 nitrogen and oxygen atoms in total. The van der Waals surface area contributed by atoms with Crippen molar-refractivity contribution in [3.8, 4) is 0 Å². The van der Waals surface area contributed by atoms with Crippen molar-refractivity contribution < 1.29 is 0 Å². The molecule has 0 bridgehead atoms. The van der Waals surface area contributed by atoms with Gasteiger partial charge in [0.2, 0.25) is 0 Å². The van der Waals surface area contributed by atoms with E-state index >= 15 is 0 Å². The number of rotatable bonds is 20. The number of hydrogen-bond acceptors (Lipinski definition) is 2. The molecular formula is C40H54N4. The van der Waals surface area contributed by atoms with Gasteiger partial charge in [0.25, 0.3) is 0 Å². The van der Waals surface area contributed by atoms with E-state index in [1.807, 2.05) is 0 Å². The predicted octanol–water partition coefficient (Wildman–Crippen LogP) is 11.1. The quantitative estimate of drug-likeness (QED) is 0.0845. The third-order valence-corrected chi connectivity index (χ3v) is 9.25. The van der Waals surface area contributed by atoms with Crippen molar-refractivity contribution in [3.63, 3.8) is 0 Å². The third kappa shape index (κ3) is 8.61. The van der Waals surface area contributed by atoms with Crippen LogP contribution in [0.2, 0.25) is 0 Å². The Morgan fingerprint density at radius 1 is 0.432 bits per heavy atom. The summed E-state index contributed by atoms with van der Waals surface area (Å²) >= 11 is 0. The zero-order chi connectivity index (χ0) is 30.4. The standard InChI is InChI=1S/C40H54N4/c1-3-5-7-9-11-13-15-29-39-41-35-25-19-21-27-37(35)43(39)31-33-23-17-18-24-34(33)32-44-38-28-22-20-26-36(38)42-40(44)30-16-14-12-10-8-6-4-2/h17-28H,3-16,29-32H2,1-2H3. The first-order valence-electron chi connectivity index (χ1n) is 17.7. The summed E-state index contributed by atoms with van der Waals surface area (Å²) in [5.74, 6) is 2.45. The largest absolute Gasteiger partial charge is 0.323 e. The highest BCUT2D eigenvalue weighted by atomic mass is 15.1. The molecule has 0 unspecified atom stereocenters. The van der Waals surface area contributed by atoms with E-state index in [9.17, 15) is 0 Å². The number of hydrogen-bond donors (Lipinski definition) is 0. The van der Waals surface area contributed by atoms with Gasteiger partial charge < -0.3 is 9.13 Å². The highest BCUT2D eigenvalue weighted by molar-refractivity contribution is 5.77. The van der Waals surface area contributed by atoms with Gasteiger partial charge in [-0.3, -0.25) is 0 Å². The maximum absolute atomic E-state index is 5.13. The second kappa shape index (κ2) is 17.2. The van der Waals surface area contributed by atoms with E-state index in [1.165, 1.54) is 124 Å². The summed E-state index contributed by atoms with van der Waals surface area (Å²) in [6.45, 7) is 6.28. The number of para-hydroxylation sites is 4. The fraction of sp³-hybridized carbons (Fsp3) is 0.500. The van der Waals surface area contributed by atoms with Gasteiger partial charge in [-0.1, -0.05) is 139 Å². The molecule has 0 aliphatic carbocycles. The fourth-order valence-electron chi connectivity index (χ4n) is 6.67. The zero-order valence-electron chi connectivity index (χ0n) is 27.4. The van der Waals surface area contributed by atoms with Crippen molar-refractivity contribution in [3.05, 3.63) is 95.6 Å². The molecule has 234 valence electrons. The lowest BCUT2D eigenvalue weighted by atomic mass is 10.1. The molecule has 0 fully saturated rings. The minimum atomic E-state index is 0.849. The SMILES string of the molecule is CCCCCCCCCc1nc2ccccc2n1Cc1ccccc1Cn1c(CCCCCCCCC)nc2ccccc21. The van der Waals surface area contributed by atoms with Crippen LogP contribution in [0, 0.1) is 0 Å². The number of aromatic nitrogens is 4. The molecule has 5 aromatic rings. The first-order valence-corrected chi connectivity index (χ1v) is 17.7. The van der Waals surface area contributed by atoms with Crippen LogP contribution in [0.3, 0.4) is 0 Å². The molecule has 2 heterocycles. The van der Waals surface area contributed by atoms with Crippen LogP contribution in [0.4, 0.5) is 0 Å². The van der Waals surface area contributed by atoms with Crippen molar-refractivity contribution in [2.24, 2.45) is 0 Å². The molecular weight excluding hydrogens is 536 g/mol. The molecule has 2 aromatic heterocycles. The maximum Gasteiger partial charge on any atom is 0.110 e. The van der Waals surface area contributed by atoms with Crippen LogP contribution in [-0.2, 0) is 25.9 Å². The van der Waals surface area contributed by atoms with E-state index in [0.717, 1.165) is 37.0 Å². The molecule has 0 atom stereocenters. The summed E-state index contributed by atoms with van der Waals surface area (Å²) < 4.78 is 4.97. The Bertz CT molecular complexity index is 1440. The van der Waals surface area contributed by atoms with Gasteiger partial charge in [0.05, 0.1) is 22.1 Å². The van der Waals surface area contributed by atoms with Crippen LogP contribution in [0.5, 0.6) is 0 Å². The summed E-state index contributed by atoms with van der Waals surface area (Å²) in [4.78, 5) is 10.3. The molecule has 44 heavy (non-hydrogen) atoms. The van der Waals surface area contributed by atoms with Gasteiger partial charge >= 0.3 is 0 Å². The summed E-state index contributed by atoms with van der Waals surface area (Å²) in [5, 5.41) is 0. The smallest absolute Gasteiger partial charge is 0.110 e. The molecule has 0 amide bonds. The third-order valence-electron chi connectivity index (χ3n) is 9.25. The maximum atomic E-state index is 5.13. The van der Waals surface area contributed by atoms with Crippen molar-refractivity contribution >= 4 is 22.1 Å². The Labute approximate surface area is 265 Å². The average Bonchev–Trinajstić information content (AvgIpc) is 3.58. The highest BCUT2D eigenvalue weighted by Gasteiger charge is 2.15. The topological polar surface area (TPSA) is 35.6 Å². The van der Waals surface area contributed by atoms with Crippen LogP contribution in [-0.4, -0.2) is 19.1 Å². The Kier molecular flexibility index (Phi) is 12.5. The van der Waals surface area contributed by atoms with Crippen LogP contribution in [0.15, 0.2) is 72.8 Å². The first kappa shape index (κ1) is 32.0. The molecule has 4 heteroatoms. The number of aryl methyl sites for hydroxylation is 2. The van der Waals surface area contributed by atoms with Gasteiger partial charge in [0.15, 0.2) is 0 Å². The van der Waals surface area contributed by atoms with E-state index < -0.39 is 0 Å². The minimum Gasteiger partial charge on any atom is -0.323 e. The second-order valence-corrected chi connectivity index (χ2v) is 12.7. The van der Waals surface area contributed by atoms with E-state index in [-0.39, 0.29) is 0 Å². The van der Waals surface area contributed by atoms with Crippen LogP contribution < -0.4 is 0 Å². The molecule has 0 aliphatic heterocycles. The minimum absolute atomic E-state index is 0.849. The summed E-state index contributed by atoms with van der Waals surface area (Å²) in [5.41, 5.74) is 7.45. The van der Waals surface area contributed by atoms with E-state index in [1.54, 1.807) is 0 Å². The van der Waals surface area contributed by atoms with Crippen molar-refractivity contribution in [1.82, 2.24) is 19.1 Å². The van der Waals surface area contributed by atoms with Gasteiger partial charge in [0.1, 0.15) is 11.6 Å². The van der Waals surface area contributed by atoms with E-state index in [0.29, 0.717) is 0 Å². The molecule has 0 spiro atoms. The molecule has 0 saturated carbocycles. The summed E-state index contributed by atoms with van der Waals surface area (Å²) in [6.07, 6.45) is 20.6. The normalized spacial score (nSPS) is 11.7. The van der Waals surface area contributed by atoms with E-state index in [2.05, 4.69) is 95.8 Å². The molecule has 0 aliphatic rings. The predicted molar refractivity (Wildman–Crippen MR) is 188 cm³/mol. The number of nitrogens with zero attached hydrogens (tertiary/aromatic N) is 4. The lowest BCUT2D eigenvalue weighted by molar-refractivity contribution is 0.577. The van der Waals surface area contributed by atoms with Gasteiger partial charge in [-0.2, -0.15) is 0 Å². The Balaban J connectivity index is 1.33. The van der Waals surface area contributed by atoms with Crippen molar-refractivity contribution in [2.45, 2.75) is 130 Å². The molecule has 0 radical (unpaired) electrons. The monoisotopic (exact) mass is 590 g/mol. The summed E-state index contributed by atoms with van der Waals surface area (Å²) in [7, 11) is 0. The van der Waals surface area contributed by atoms with Crippen LogP contribution in [0.25, 0.3) is 22.1 Å². The number of benzene rings is 3. The first-order chi connectivity index (χ1) is 21.8.